The number of hydrogen-bond donors (Lipinski definition) is 4. The molecule has 8 nitrogen and oxygen atoms in total. The number of nitrogens with two attached hydrogens (primary N) is 1. The molecule has 0 aliphatic heterocycles. The van der Waals surface area contributed by atoms with Crippen molar-refractivity contribution in [1.82, 2.24) is 20.3 Å². The van der Waals surface area contributed by atoms with Crippen molar-refractivity contribution in [2.45, 2.75) is 32.2 Å². The normalized spacial score (nSPS) is 16.1. The van der Waals surface area contributed by atoms with E-state index in [4.69, 9.17) is 5.73 Å². The van der Waals surface area contributed by atoms with Crippen molar-refractivity contribution in [3.05, 3.63) is 67.5 Å². The average molecular weight is 365 g/mol. The van der Waals surface area contributed by atoms with Gasteiger partial charge >= 0.3 is 5.69 Å². The summed E-state index contributed by atoms with van der Waals surface area (Å²) in [6.45, 7) is 1.70. The third-order valence-electron chi connectivity index (χ3n) is 4.92. The van der Waals surface area contributed by atoms with Crippen LogP contribution in [0.2, 0.25) is 0 Å². The molecule has 5 N–H and O–H groups in total. The summed E-state index contributed by atoms with van der Waals surface area (Å²) in [7, 11) is 0. The molecule has 138 valence electrons. The first kappa shape index (κ1) is 17.0. The first-order valence-corrected chi connectivity index (χ1v) is 8.75. The van der Waals surface area contributed by atoms with Crippen molar-refractivity contribution in [1.29, 1.82) is 0 Å². The van der Waals surface area contributed by atoms with Gasteiger partial charge in [-0.25, -0.2) is 9.78 Å². The van der Waals surface area contributed by atoms with Gasteiger partial charge in [0.2, 0.25) is 0 Å². The minimum Gasteiger partial charge on any atom is -0.399 e. The molecule has 1 aliphatic rings. The molecule has 2 aromatic heterocycles. The number of fused-ring (bicyclic) bond motifs is 2. The third-order valence-corrected chi connectivity index (χ3v) is 4.92. The zero-order chi connectivity index (χ0) is 19.1. The number of carbonyl (C=O) groups is 1. The lowest BCUT2D eigenvalue weighted by atomic mass is 9.87. The van der Waals surface area contributed by atoms with Crippen LogP contribution in [0.3, 0.4) is 0 Å². The first-order chi connectivity index (χ1) is 12.9. The van der Waals surface area contributed by atoms with Gasteiger partial charge in [0.15, 0.2) is 0 Å². The number of H-pyrrole nitrogens is 2. The molecule has 1 atom stereocenters. The van der Waals surface area contributed by atoms with Crippen LogP contribution in [0.5, 0.6) is 0 Å². The fourth-order valence-electron chi connectivity index (χ4n) is 3.69. The van der Waals surface area contributed by atoms with E-state index in [9.17, 15) is 14.4 Å². The molecular formula is C19H19N5O3. The van der Waals surface area contributed by atoms with Crippen LogP contribution < -0.4 is 22.3 Å². The van der Waals surface area contributed by atoms with E-state index in [1.54, 1.807) is 13.0 Å². The second-order valence-electron chi connectivity index (χ2n) is 6.83. The van der Waals surface area contributed by atoms with Gasteiger partial charge in [-0.05, 0) is 61.1 Å². The van der Waals surface area contributed by atoms with E-state index >= 15 is 0 Å². The highest BCUT2D eigenvalue weighted by Crippen LogP contribution is 2.31. The summed E-state index contributed by atoms with van der Waals surface area (Å²) in [5, 5.41) is 3.28. The molecule has 1 unspecified atom stereocenters. The average Bonchev–Trinajstić information content (AvgIpc) is 2.60. The van der Waals surface area contributed by atoms with E-state index in [-0.39, 0.29) is 28.7 Å². The Morgan fingerprint density at radius 3 is 2.89 bits per heavy atom. The first-order valence-electron chi connectivity index (χ1n) is 8.75. The van der Waals surface area contributed by atoms with E-state index in [1.165, 1.54) is 0 Å². The van der Waals surface area contributed by atoms with Gasteiger partial charge in [0.25, 0.3) is 11.5 Å². The smallest absolute Gasteiger partial charge is 0.327 e. The van der Waals surface area contributed by atoms with E-state index in [0.29, 0.717) is 11.3 Å². The van der Waals surface area contributed by atoms with Crippen LogP contribution in [-0.2, 0) is 6.42 Å². The standard InChI is InChI=1S/C19H19N5O3/c1-9-7-14(21-16-15(9)18(26)24-19(27)23-16)17(25)22-13-4-2-3-10-8-11(20)5-6-12(10)13/h5-8,13H,2-4,20H2,1H3,(H,22,25)(H2,21,23,24,26,27). The molecule has 1 aliphatic carbocycles. The van der Waals surface area contributed by atoms with E-state index in [0.717, 1.165) is 30.4 Å². The molecule has 1 amide bonds. The van der Waals surface area contributed by atoms with Crippen LogP contribution >= 0.6 is 0 Å². The van der Waals surface area contributed by atoms with E-state index < -0.39 is 11.2 Å². The maximum atomic E-state index is 12.8. The van der Waals surface area contributed by atoms with Crippen molar-refractivity contribution in [2.75, 3.05) is 5.73 Å². The zero-order valence-electron chi connectivity index (χ0n) is 14.8. The predicted octanol–water partition coefficient (Wildman–Crippen LogP) is 1.31. The van der Waals surface area contributed by atoms with Crippen molar-refractivity contribution in [2.24, 2.45) is 0 Å². The van der Waals surface area contributed by atoms with Crippen LogP contribution in [0.25, 0.3) is 11.0 Å². The topological polar surface area (TPSA) is 134 Å². The molecule has 0 fully saturated rings. The van der Waals surface area contributed by atoms with Gasteiger partial charge in [-0.1, -0.05) is 6.07 Å². The Kier molecular flexibility index (Phi) is 4.02. The third kappa shape index (κ3) is 3.10. The van der Waals surface area contributed by atoms with Crippen LogP contribution in [0.15, 0.2) is 33.9 Å². The number of nitrogens with one attached hydrogen (secondary N) is 3. The van der Waals surface area contributed by atoms with Crippen molar-refractivity contribution in [3.63, 3.8) is 0 Å². The minimum atomic E-state index is -0.657. The summed E-state index contributed by atoms with van der Waals surface area (Å²) in [6.07, 6.45) is 2.71. The highest BCUT2D eigenvalue weighted by molar-refractivity contribution is 5.95. The van der Waals surface area contributed by atoms with Crippen molar-refractivity contribution in [3.8, 4) is 0 Å². The molecule has 0 saturated heterocycles. The number of nitrogens with zero attached hydrogens (tertiary/aromatic N) is 1. The SMILES string of the molecule is Cc1cc(C(=O)NC2CCCc3cc(N)ccc32)nc2[nH]c(=O)[nH]c(=O)c12. The molecule has 0 spiro atoms. The van der Waals surface area contributed by atoms with Gasteiger partial charge in [0.1, 0.15) is 11.3 Å². The van der Waals surface area contributed by atoms with Gasteiger partial charge in [-0.15, -0.1) is 0 Å². The second-order valence-corrected chi connectivity index (χ2v) is 6.83. The van der Waals surface area contributed by atoms with Crippen LogP contribution in [0, 0.1) is 6.92 Å². The monoisotopic (exact) mass is 365 g/mol. The quantitative estimate of drug-likeness (QED) is 0.508. The summed E-state index contributed by atoms with van der Waals surface area (Å²) in [6, 6.07) is 7.16. The number of aryl methyl sites for hydroxylation is 2. The number of anilines is 1. The van der Waals surface area contributed by atoms with E-state index in [1.807, 2.05) is 18.2 Å². The maximum Gasteiger partial charge on any atom is 0.327 e. The second kappa shape index (κ2) is 6.39. The van der Waals surface area contributed by atoms with Crippen molar-refractivity contribution >= 4 is 22.6 Å². The highest BCUT2D eigenvalue weighted by atomic mass is 16.2. The van der Waals surface area contributed by atoms with Crippen molar-refractivity contribution < 1.29 is 4.79 Å². The Morgan fingerprint density at radius 2 is 2.07 bits per heavy atom. The van der Waals surface area contributed by atoms with Crippen LogP contribution in [0.1, 0.15) is 46.1 Å². The van der Waals surface area contributed by atoms with Gasteiger partial charge in [-0.3, -0.25) is 19.6 Å². The number of amides is 1. The Hall–Kier alpha value is -3.42. The van der Waals surface area contributed by atoms with E-state index in [2.05, 4.69) is 20.3 Å². The molecule has 8 heteroatoms. The van der Waals surface area contributed by atoms with Crippen LogP contribution in [-0.4, -0.2) is 20.9 Å². The summed E-state index contributed by atoms with van der Waals surface area (Å²) in [4.78, 5) is 45.1. The van der Waals surface area contributed by atoms with Gasteiger partial charge < -0.3 is 11.1 Å². The van der Waals surface area contributed by atoms with Gasteiger partial charge in [0, 0.05) is 5.69 Å². The largest absolute Gasteiger partial charge is 0.399 e. The fourth-order valence-corrected chi connectivity index (χ4v) is 3.69. The molecule has 4 rings (SSSR count). The number of pyridine rings is 1. The number of aromatic amines is 2. The Labute approximate surface area is 153 Å². The summed E-state index contributed by atoms with van der Waals surface area (Å²) < 4.78 is 0. The molecule has 0 bridgehead atoms. The maximum absolute atomic E-state index is 12.8. The van der Waals surface area contributed by atoms with Gasteiger partial charge in [0.05, 0.1) is 11.4 Å². The Balaban J connectivity index is 1.69. The summed E-state index contributed by atoms with van der Waals surface area (Å²) in [5.41, 5.74) is 8.42. The fraction of sp³-hybridized carbons (Fsp3) is 0.263. The Bertz CT molecular complexity index is 1180. The number of rotatable bonds is 2. The van der Waals surface area contributed by atoms with Gasteiger partial charge in [-0.2, -0.15) is 0 Å². The molecule has 0 radical (unpaired) electrons. The van der Waals surface area contributed by atoms with Crippen LogP contribution in [0.4, 0.5) is 5.69 Å². The number of hydrogen-bond acceptors (Lipinski definition) is 5. The number of carbonyl (C=O) groups excluding carboxylic acids is 1. The molecule has 2 heterocycles. The number of nitrogen functional groups attached to an aromatic ring is 1. The summed E-state index contributed by atoms with van der Waals surface area (Å²) in [5.74, 6) is -0.351. The lowest BCUT2D eigenvalue weighted by Crippen LogP contribution is -2.32. The summed E-state index contributed by atoms with van der Waals surface area (Å²) >= 11 is 0. The minimum absolute atomic E-state index is 0.103. The molecule has 3 aromatic rings. The number of aromatic nitrogens is 3. The Morgan fingerprint density at radius 1 is 1.26 bits per heavy atom. The predicted molar refractivity (Wildman–Crippen MR) is 102 cm³/mol. The highest BCUT2D eigenvalue weighted by Gasteiger charge is 2.23. The molecule has 1 aromatic carbocycles. The molecule has 27 heavy (non-hydrogen) atoms. The lowest BCUT2D eigenvalue weighted by Gasteiger charge is -2.26. The molecular weight excluding hydrogens is 346 g/mol. The zero-order valence-corrected chi connectivity index (χ0v) is 14.8. The molecule has 0 saturated carbocycles. The lowest BCUT2D eigenvalue weighted by molar-refractivity contribution is 0.0928. The number of benzene rings is 1.